The first-order chi connectivity index (χ1) is 15.9. The molecule has 0 saturated carbocycles. The molecule has 1 unspecified atom stereocenters. The third-order valence-electron chi connectivity index (χ3n) is 4.79. The van der Waals surface area contributed by atoms with E-state index in [0.717, 1.165) is 18.7 Å². The monoisotopic (exact) mass is 472 g/mol. The number of anilines is 3. The van der Waals surface area contributed by atoms with Crippen molar-refractivity contribution in [2.45, 2.75) is 52.7 Å². The number of esters is 1. The quantitative estimate of drug-likeness (QED) is 0.529. The maximum absolute atomic E-state index is 13.0. The molecule has 34 heavy (non-hydrogen) atoms. The minimum atomic E-state index is -0.754. The summed E-state index contributed by atoms with van der Waals surface area (Å²) in [7, 11) is 3.22. The van der Waals surface area contributed by atoms with Crippen molar-refractivity contribution in [3.05, 3.63) is 36.0 Å². The fourth-order valence-corrected chi connectivity index (χ4v) is 3.01. The summed E-state index contributed by atoms with van der Waals surface area (Å²) in [5.74, 6) is 0.868. The number of hydrogen-bond acceptors (Lipinski definition) is 9. The average Bonchev–Trinajstić information content (AvgIpc) is 2.76. The third-order valence-corrected chi connectivity index (χ3v) is 4.79. The zero-order chi connectivity index (χ0) is 25.5. The highest BCUT2D eigenvalue weighted by molar-refractivity contribution is 5.81. The number of hydrogen-bond donors (Lipinski definition) is 2. The molecule has 1 atom stereocenters. The van der Waals surface area contributed by atoms with Crippen LogP contribution in [0.25, 0.3) is 0 Å². The zero-order valence-corrected chi connectivity index (χ0v) is 21.1. The number of carbonyl (C=O) groups excluding carboxylic acids is 2. The zero-order valence-electron chi connectivity index (χ0n) is 21.1. The van der Waals surface area contributed by atoms with Gasteiger partial charge in [0, 0.05) is 33.6 Å². The van der Waals surface area contributed by atoms with Crippen molar-refractivity contribution in [3.8, 4) is 5.75 Å². The Morgan fingerprint density at radius 3 is 2.26 bits per heavy atom. The van der Waals surface area contributed by atoms with E-state index in [0.29, 0.717) is 29.6 Å². The minimum absolute atomic E-state index is 0.306. The van der Waals surface area contributed by atoms with Crippen molar-refractivity contribution in [1.82, 2.24) is 14.9 Å². The maximum Gasteiger partial charge on any atom is 0.414 e. The van der Waals surface area contributed by atoms with Crippen LogP contribution < -0.4 is 20.7 Å². The molecule has 0 spiro atoms. The second kappa shape index (κ2) is 11.5. The van der Waals surface area contributed by atoms with Crippen molar-refractivity contribution < 1.29 is 19.1 Å². The van der Waals surface area contributed by atoms with E-state index in [1.807, 2.05) is 39.5 Å². The number of nitrogens with two attached hydrogens (primary N) is 1. The van der Waals surface area contributed by atoms with E-state index < -0.39 is 23.7 Å². The van der Waals surface area contributed by atoms with E-state index in [2.05, 4.69) is 15.3 Å². The van der Waals surface area contributed by atoms with Crippen molar-refractivity contribution in [2.24, 2.45) is 0 Å². The van der Waals surface area contributed by atoms with E-state index in [9.17, 15) is 9.59 Å². The first-order valence-corrected chi connectivity index (χ1v) is 11.3. The molecular weight excluding hydrogens is 436 g/mol. The van der Waals surface area contributed by atoms with Crippen LogP contribution in [-0.2, 0) is 16.0 Å². The Labute approximate surface area is 201 Å². The molecule has 10 heteroatoms. The van der Waals surface area contributed by atoms with Gasteiger partial charge in [-0.1, -0.05) is 12.1 Å². The largest absolute Gasteiger partial charge is 0.458 e. The van der Waals surface area contributed by atoms with E-state index in [1.54, 1.807) is 38.4 Å². The Morgan fingerprint density at radius 2 is 1.74 bits per heavy atom. The molecule has 1 aromatic carbocycles. The molecule has 0 aliphatic carbocycles. The molecular formula is C24H36N6O4. The number of rotatable bonds is 9. The van der Waals surface area contributed by atoms with E-state index in [1.165, 1.54) is 11.1 Å². The summed E-state index contributed by atoms with van der Waals surface area (Å²) in [4.78, 5) is 37.0. The van der Waals surface area contributed by atoms with Crippen LogP contribution in [0.15, 0.2) is 30.5 Å². The molecule has 2 aromatic rings. The van der Waals surface area contributed by atoms with Gasteiger partial charge in [0.25, 0.3) is 0 Å². The first kappa shape index (κ1) is 26.7. The number of carbonyl (C=O) groups is 2. The highest BCUT2D eigenvalue weighted by Gasteiger charge is 2.27. The topological polar surface area (TPSA) is 123 Å². The second-order valence-electron chi connectivity index (χ2n) is 8.99. The molecule has 0 aliphatic heterocycles. The summed E-state index contributed by atoms with van der Waals surface area (Å²) in [5, 5.41) is 3.15. The van der Waals surface area contributed by atoms with Gasteiger partial charge in [-0.3, -0.25) is 0 Å². The van der Waals surface area contributed by atoms with Crippen molar-refractivity contribution >= 4 is 29.5 Å². The number of nitrogen functional groups attached to an aromatic ring is 1. The summed E-state index contributed by atoms with van der Waals surface area (Å²) >= 11 is 0. The molecule has 0 fully saturated rings. The van der Waals surface area contributed by atoms with Gasteiger partial charge in [-0.15, -0.1) is 0 Å². The van der Waals surface area contributed by atoms with Gasteiger partial charge in [0.2, 0.25) is 5.95 Å². The number of benzene rings is 1. The lowest BCUT2D eigenvalue weighted by Crippen LogP contribution is -2.38. The summed E-state index contributed by atoms with van der Waals surface area (Å²) < 4.78 is 10.9. The predicted molar refractivity (Wildman–Crippen MR) is 133 cm³/mol. The number of ether oxygens (including phenoxy) is 2. The minimum Gasteiger partial charge on any atom is -0.458 e. The lowest BCUT2D eigenvalue weighted by Gasteiger charge is -2.26. The smallest absolute Gasteiger partial charge is 0.414 e. The average molecular weight is 473 g/mol. The fraction of sp³-hybridized carbons (Fsp3) is 0.500. The summed E-state index contributed by atoms with van der Waals surface area (Å²) in [6, 6.07) is 6.20. The number of aromatic nitrogens is 2. The van der Waals surface area contributed by atoms with Gasteiger partial charge < -0.3 is 30.3 Å². The summed E-state index contributed by atoms with van der Waals surface area (Å²) in [5.41, 5.74) is 6.63. The van der Waals surface area contributed by atoms with Gasteiger partial charge in [-0.25, -0.2) is 14.6 Å². The van der Waals surface area contributed by atoms with Gasteiger partial charge in [-0.2, -0.15) is 4.98 Å². The Hall–Kier alpha value is -3.56. The molecule has 3 N–H and O–H groups in total. The van der Waals surface area contributed by atoms with Gasteiger partial charge in [0.1, 0.15) is 17.4 Å². The van der Waals surface area contributed by atoms with Crippen molar-refractivity contribution in [2.75, 3.05) is 43.1 Å². The Bertz CT molecular complexity index is 968. The van der Waals surface area contributed by atoms with Crippen LogP contribution in [0.1, 0.15) is 40.2 Å². The SMILES string of the molecule is CCN(CC)c1ncc(N)c(NC(Cc2ccc(OC(=O)N(C)C)cc2)C(=O)OC(C)(C)C)n1. The lowest BCUT2D eigenvalue weighted by molar-refractivity contribution is -0.155. The number of amides is 1. The van der Waals surface area contributed by atoms with Crippen LogP contribution in [-0.4, -0.2) is 65.8 Å². The summed E-state index contributed by atoms with van der Waals surface area (Å²) in [6.45, 7) is 10.9. The fourth-order valence-electron chi connectivity index (χ4n) is 3.01. The third kappa shape index (κ3) is 7.79. The van der Waals surface area contributed by atoms with Crippen LogP contribution in [0, 0.1) is 0 Å². The highest BCUT2D eigenvalue weighted by atomic mass is 16.6. The lowest BCUT2D eigenvalue weighted by atomic mass is 10.1. The maximum atomic E-state index is 13.0. The van der Waals surface area contributed by atoms with Crippen LogP contribution in [0.5, 0.6) is 5.75 Å². The van der Waals surface area contributed by atoms with Crippen molar-refractivity contribution in [3.63, 3.8) is 0 Å². The molecule has 0 aliphatic rings. The van der Waals surface area contributed by atoms with Crippen LogP contribution in [0.4, 0.5) is 22.2 Å². The normalized spacial score (nSPS) is 12.0. The van der Waals surface area contributed by atoms with E-state index in [4.69, 9.17) is 15.2 Å². The number of nitrogens with zero attached hydrogens (tertiary/aromatic N) is 4. The highest BCUT2D eigenvalue weighted by Crippen LogP contribution is 2.22. The molecule has 1 aromatic heterocycles. The Kier molecular flexibility index (Phi) is 9.05. The van der Waals surface area contributed by atoms with Gasteiger partial charge >= 0.3 is 12.1 Å². The molecule has 0 bridgehead atoms. The molecule has 1 heterocycles. The molecule has 2 rings (SSSR count). The van der Waals surface area contributed by atoms with Crippen LogP contribution in [0.3, 0.4) is 0 Å². The van der Waals surface area contributed by atoms with E-state index >= 15 is 0 Å². The Morgan fingerprint density at radius 1 is 1.12 bits per heavy atom. The first-order valence-electron chi connectivity index (χ1n) is 11.3. The Balaban J connectivity index is 2.28. The summed E-state index contributed by atoms with van der Waals surface area (Å²) in [6.07, 6.45) is 1.37. The molecule has 0 saturated heterocycles. The van der Waals surface area contributed by atoms with Gasteiger partial charge in [0.05, 0.1) is 11.9 Å². The standard InChI is InChI=1S/C24H36N6O4/c1-8-30(9-2)22-26-15-18(25)20(28-22)27-19(21(31)34-24(3,4)5)14-16-10-12-17(13-11-16)33-23(32)29(6)7/h10-13,15,19H,8-9,14,25H2,1-7H3,(H,26,27,28). The van der Waals surface area contributed by atoms with Gasteiger partial charge in [-0.05, 0) is 52.3 Å². The van der Waals surface area contributed by atoms with E-state index in [-0.39, 0.29) is 0 Å². The second-order valence-corrected chi connectivity index (χ2v) is 8.99. The molecule has 186 valence electrons. The van der Waals surface area contributed by atoms with Gasteiger partial charge in [0.15, 0.2) is 5.82 Å². The molecule has 0 radical (unpaired) electrons. The van der Waals surface area contributed by atoms with Crippen molar-refractivity contribution in [1.29, 1.82) is 0 Å². The predicted octanol–water partition coefficient (Wildman–Crippen LogP) is 3.33. The molecule has 10 nitrogen and oxygen atoms in total. The van der Waals surface area contributed by atoms with Crippen LogP contribution >= 0.6 is 0 Å². The number of nitrogens with one attached hydrogen (secondary N) is 1. The van der Waals surface area contributed by atoms with Crippen LogP contribution in [0.2, 0.25) is 0 Å². The molecule has 1 amide bonds.